The fourth-order valence-electron chi connectivity index (χ4n) is 4.31. The molecule has 37 heavy (non-hydrogen) atoms. The molecule has 184 valence electrons. The molecule has 1 aromatic carbocycles. The maximum atomic E-state index is 14.5. The molecule has 0 bridgehead atoms. The van der Waals surface area contributed by atoms with Crippen LogP contribution < -0.4 is 4.72 Å². The third-order valence-corrected chi connectivity index (χ3v) is 6.65. The molecule has 0 aliphatic rings. The molecule has 3 N–H and O–H groups in total. The average molecular weight is 514 g/mol. The lowest BCUT2D eigenvalue weighted by Gasteiger charge is -2.08. The third-order valence-electron chi connectivity index (χ3n) is 5.98. The number of halogens is 1. The highest BCUT2D eigenvalue weighted by Gasteiger charge is 2.16. The largest absolute Gasteiger partial charge is 0.352 e. The number of hydrogen-bond donors (Lipinski definition) is 3. The molecule has 0 fully saturated rings. The van der Waals surface area contributed by atoms with Crippen molar-refractivity contribution in [1.29, 1.82) is 0 Å². The summed E-state index contributed by atoms with van der Waals surface area (Å²) in [4.78, 5) is 16.6. The number of sulfonamides is 1. The number of H-pyrrole nitrogens is 2. The Morgan fingerprint density at radius 1 is 0.973 bits per heavy atom. The summed E-state index contributed by atoms with van der Waals surface area (Å²) in [7, 11) is -3.42. The smallest absolute Gasteiger partial charge is 0.209 e. The van der Waals surface area contributed by atoms with E-state index in [-0.39, 0.29) is 6.54 Å². The topological polar surface area (TPSA) is 129 Å². The van der Waals surface area contributed by atoms with E-state index in [1.165, 1.54) is 12.1 Å². The van der Waals surface area contributed by atoms with E-state index in [9.17, 15) is 12.8 Å². The van der Waals surface area contributed by atoms with Crippen LogP contribution in [0.2, 0.25) is 0 Å². The van der Waals surface area contributed by atoms with Crippen LogP contribution in [0, 0.1) is 5.82 Å². The number of pyridine rings is 3. The van der Waals surface area contributed by atoms with Crippen molar-refractivity contribution < 1.29 is 12.8 Å². The average Bonchev–Trinajstić information content (AvgIpc) is 3.51. The summed E-state index contributed by atoms with van der Waals surface area (Å²) in [5, 5.41) is 9.11. The minimum atomic E-state index is -3.42. The lowest BCUT2D eigenvalue weighted by Crippen LogP contribution is -2.21. The van der Waals surface area contributed by atoms with Gasteiger partial charge in [0.25, 0.3) is 0 Å². The fraction of sp³-hybridized carbons (Fsp3) is 0.0769. The van der Waals surface area contributed by atoms with Crippen molar-refractivity contribution in [2.75, 3.05) is 6.26 Å². The van der Waals surface area contributed by atoms with Crippen LogP contribution in [0.1, 0.15) is 5.56 Å². The van der Waals surface area contributed by atoms with Gasteiger partial charge in [-0.15, -0.1) is 0 Å². The Morgan fingerprint density at radius 3 is 2.68 bits per heavy atom. The normalized spacial score (nSPS) is 11.9. The molecule has 5 aromatic heterocycles. The molecule has 0 amide bonds. The first-order valence-corrected chi connectivity index (χ1v) is 13.2. The lowest BCUT2D eigenvalue weighted by molar-refractivity contribution is 0.586. The first kappa shape index (κ1) is 23.0. The minimum Gasteiger partial charge on any atom is -0.352 e. The third kappa shape index (κ3) is 4.57. The van der Waals surface area contributed by atoms with E-state index in [2.05, 4.69) is 34.9 Å². The Labute approximate surface area is 210 Å². The quantitative estimate of drug-likeness (QED) is 0.302. The molecule has 11 heteroatoms. The van der Waals surface area contributed by atoms with Crippen molar-refractivity contribution in [3.63, 3.8) is 0 Å². The van der Waals surface area contributed by atoms with Gasteiger partial charge in [0, 0.05) is 47.0 Å². The summed E-state index contributed by atoms with van der Waals surface area (Å²) in [6.07, 6.45) is 7.90. The Hall–Kier alpha value is -4.48. The van der Waals surface area contributed by atoms with Crippen molar-refractivity contribution >= 4 is 32.0 Å². The van der Waals surface area contributed by atoms with Crippen LogP contribution in [0.25, 0.3) is 55.7 Å². The predicted octanol–water partition coefficient (Wildman–Crippen LogP) is 4.42. The van der Waals surface area contributed by atoms with Crippen LogP contribution in [0.15, 0.2) is 73.3 Å². The van der Waals surface area contributed by atoms with E-state index in [4.69, 9.17) is 0 Å². The second-order valence-corrected chi connectivity index (χ2v) is 10.5. The summed E-state index contributed by atoms with van der Waals surface area (Å²) in [5.74, 6) is -0.470. The van der Waals surface area contributed by atoms with Gasteiger partial charge < -0.3 is 4.98 Å². The Balaban J connectivity index is 1.44. The Kier molecular flexibility index (Phi) is 5.50. The van der Waals surface area contributed by atoms with Crippen molar-refractivity contribution in [1.82, 2.24) is 34.9 Å². The van der Waals surface area contributed by atoms with Crippen LogP contribution in [0.4, 0.5) is 4.39 Å². The fourth-order valence-corrected chi connectivity index (χ4v) is 4.74. The number of aromatic amines is 2. The first-order chi connectivity index (χ1) is 17.8. The molecule has 0 unspecified atom stereocenters. The summed E-state index contributed by atoms with van der Waals surface area (Å²) >= 11 is 0. The van der Waals surface area contributed by atoms with Crippen molar-refractivity contribution in [2.24, 2.45) is 0 Å². The van der Waals surface area contributed by atoms with Crippen LogP contribution >= 0.6 is 0 Å². The number of rotatable bonds is 6. The zero-order chi connectivity index (χ0) is 25.6. The highest BCUT2D eigenvalue weighted by molar-refractivity contribution is 7.88. The molecule has 5 heterocycles. The highest BCUT2D eigenvalue weighted by Crippen LogP contribution is 2.34. The van der Waals surface area contributed by atoms with Gasteiger partial charge in [-0.2, -0.15) is 5.10 Å². The number of fused-ring (bicyclic) bond motifs is 2. The monoisotopic (exact) mass is 513 g/mol. The van der Waals surface area contributed by atoms with Gasteiger partial charge in [-0.1, -0.05) is 6.07 Å². The Morgan fingerprint density at radius 2 is 1.86 bits per heavy atom. The van der Waals surface area contributed by atoms with E-state index < -0.39 is 15.8 Å². The zero-order valence-electron chi connectivity index (χ0n) is 19.5. The molecule has 6 rings (SSSR count). The maximum Gasteiger partial charge on any atom is 0.209 e. The molecular weight excluding hydrogens is 493 g/mol. The second-order valence-electron chi connectivity index (χ2n) is 8.68. The minimum absolute atomic E-state index is 0.0176. The summed E-state index contributed by atoms with van der Waals surface area (Å²) in [6, 6.07) is 14.1. The molecule has 0 aliphatic carbocycles. The molecule has 9 nitrogen and oxygen atoms in total. The molecule has 0 aliphatic heterocycles. The van der Waals surface area contributed by atoms with Crippen molar-refractivity contribution in [3.05, 3.63) is 84.7 Å². The number of benzene rings is 1. The molecule has 0 atom stereocenters. The molecule has 0 saturated carbocycles. The van der Waals surface area contributed by atoms with Gasteiger partial charge in [0.05, 0.1) is 29.4 Å². The number of aromatic nitrogens is 6. The van der Waals surface area contributed by atoms with Gasteiger partial charge >= 0.3 is 0 Å². The first-order valence-electron chi connectivity index (χ1n) is 11.3. The van der Waals surface area contributed by atoms with Gasteiger partial charge in [0.2, 0.25) is 10.0 Å². The van der Waals surface area contributed by atoms with E-state index in [0.717, 1.165) is 39.5 Å². The van der Waals surface area contributed by atoms with Crippen molar-refractivity contribution in [2.45, 2.75) is 6.54 Å². The molecule has 0 radical (unpaired) electrons. The number of hydrogen-bond acceptors (Lipinski definition) is 6. The summed E-state index contributed by atoms with van der Waals surface area (Å²) in [5.41, 5.74) is 6.26. The number of nitrogens with zero attached hydrogens (tertiary/aromatic N) is 4. The van der Waals surface area contributed by atoms with E-state index in [1.54, 1.807) is 30.9 Å². The molecule has 6 aromatic rings. The summed E-state index contributed by atoms with van der Waals surface area (Å²) < 4.78 is 39.9. The van der Waals surface area contributed by atoms with Crippen LogP contribution in [0.3, 0.4) is 0 Å². The van der Waals surface area contributed by atoms with Gasteiger partial charge in [-0.05, 0) is 53.6 Å². The van der Waals surface area contributed by atoms with Crippen LogP contribution in [-0.4, -0.2) is 44.8 Å². The molecule has 0 saturated heterocycles. The van der Waals surface area contributed by atoms with E-state index in [1.807, 2.05) is 30.3 Å². The maximum absolute atomic E-state index is 14.5. The SMILES string of the molecule is CS(=O)(=O)NCc1cc(F)cc(-c2cncc3[nH]c(-c4n[nH]c5ncc(-c6ccccn6)cc45)cc23)c1. The van der Waals surface area contributed by atoms with E-state index >= 15 is 0 Å². The van der Waals surface area contributed by atoms with Gasteiger partial charge in [0.1, 0.15) is 11.5 Å². The van der Waals surface area contributed by atoms with E-state index in [0.29, 0.717) is 28.0 Å². The standard InChI is InChI=1S/C26H20FN7O2S/c1-37(35,36)31-11-15-6-16(8-18(27)7-15)21-13-28-14-24-19(21)10-23(32-24)25-20-9-17(12-30-26(20)34-33-25)22-4-2-3-5-29-22/h2-10,12-14,31-32H,11H2,1H3,(H,30,33,34). The van der Waals surface area contributed by atoms with Crippen LogP contribution in [0.5, 0.6) is 0 Å². The zero-order valence-corrected chi connectivity index (χ0v) is 20.3. The molecular formula is C26H20FN7O2S. The molecule has 0 spiro atoms. The Bertz CT molecular complexity index is 1880. The van der Waals surface area contributed by atoms with Crippen LogP contribution in [-0.2, 0) is 16.6 Å². The predicted molar refractivity (Wildman–Crippen MR) is 139 cm³/mol. The number of nitrogens with one attached hydrogen (secondary N) is 3. The van der Waals surface area contributed by atoms with Gasteiger partial charge in [-0.3, -0.25) is 15.1 Å². The second kappa shape index (κ2) is 8.87. The highest BCUT2D eigenvalue weighted by atomic mass is 32.2. The lowest BCUT2D eigenvalue weighted by atomic mass is 10.0. The van der Waals surface area contributed by atoms with Crippen molar-refractivity contribution in [3.8, 4) is 33.8 Å². The van der Waals surface area contributed by atoms with Gasteiger partial charge in [0.15, 0.2) is 5.65 Å². The van der Waals surface area contributed by atoms with Gasteiger partial charge in [-0.25, -0.2) is 22.5 Å². The summed E-state index contributed by atoms with van der Waals surface area (Å²) in [6.45, 7) is -0.0176.